The highest BCUT2D eigenvalue weighted by Gasteiger charge is 2.09. The Kier molecular flexibility index (Phi) is 4.16. The predicted octanol–water partition coefficient (Wildman–Crippen LogP) is 1.59. The van der Waals surface area contributed by atoms with Gasteiger partial charge in [0.15, 0.2) is 0 Å². The monoisotopic (exact) mass is 290 g/mol. The summed E-state index contributed by atoms with van der Waals surface area (Å²) >= 11 is 0.973. The minimum Gasteiger partial charge on any atom is -0.478 e. The molecular formula is C12H10N4O3S. The Labute approximate surface area is 118 Å². The maximum absolute atomic E-state index is 12.0. The Bertz CT molecular complexity index is 667. The standard InChI is InChI=1S/C12H10N4O3S/c1-7-4-8(2-3-10(17)18)6-9(5-7)11(19)13-12-14-15-16-20-12/h2-6H,1H3,(H,17,18)(H,13,14,16,19)/b3-2+. The number of aliphatic carboxylic acids is 1. The number of aromatic nitrogens is 3. The fourth-order valence-corrected chi connectivity index (χ4v) is 1.92. The van der Waals surface area contributed by atoms with Crippen molar-refractivity contribution in [3.63, 3.8) is 0 Å². The summed E-state index contributed by atoms with van der Waals surface area (Å²) in [4.78, 5) is 22.5. The van der Waals surface area contributed by atoms with Gasteiger partial charge in [0, 0.05) is 23.2 Å². The van der Waals surface area contributed by atoms with Crippen LogP contribution in [0.5, 0.6) is 0 Å². The van der Waals surface area contributed by atoms with Crippen LogP contribution in [0.25, 0.3) is 6.08 Å². The molecule has 0 unspecified atom stereocenters. The normalized spacial score (nSPS) is 10.7. The second kappa shape index (κ2) is 6.02. The highest BCUT2D eigenvalue weighted by atomic mass is 32.1. The molecule has 0 saturated heterocycles. The summed E-state index contributed by atoms with van der Waals surface area (Å²) in [5.41, 5.74) is 1.89. The van der Waals surface area contributed by atoms with Crippen molar-refractivity contribution in [2.24, 2.45) is 0 Å². The lowest BCUT2D eigenvalue weighted by Gasteiger charge is -2.04. The van der Waals surface area contributed by atoms with Gasteiger partial charge < -0.3 is 5.11 Å². The fraction of sp³-hybridized carbons (Fsp3) is 0.0833. The number of rotatable bonds is 4. The number of aryl methyl sites for hydroxylation is 1. The summed E-state index contributed by atoms with van der Waals surface area (Å²) in [5, 5.41) is 18.5. The highest BCUT2D eigenvalue weighted by Crippen LogP contribution is 2.14. The second-order valence-corrected chi connectivity index (χ2v) is 4.66. The van der Waals surface area contributed by atoms with Gasteiger partial charge in [-0.3, -0.25) is 10.1 Å². The van der Waals surface area contributed by atoms with E-state index in [9.17, 15) is 9.59 Å². The van der Waals surface area contributed by atoms with Crippen LogP contribution in [0.2, 0.25) is 0 Å². The van der Waals surface area contributed by atoms with E-state index in [4.69, 9.17) is 5.11 Å². The number of amides is 1. The van der Waals surface area contributed by atoms with Crippen molar-refractivity contribution in [1.29, 1.82) is 0 Å². The zero-order chi connectivity index (χ0) is 14.5. The molecule has 102 valence electrons. The van der Waals surface area contributed by atoms with Crippen LogP contribution < -0.4 is 5.32 Å². The highest BCUT2D eigenvalue weighted by molar-refractivity contribution is 7.09. The van der Waals surface area contributed by atoms with Crippen molar-refractivity contribution in [1.82, 2.24) is 14.8 Å². The molecule has 20 heavy (non-hydrogen) atoms. The number of carboxylic acids is 1. The van der Waals surface area contributed by atoms with Crippen molar-refractivity contribution in [3.8, 4) is 0 Å². The molecule has 1 heterocycles. The van der Waals surface area contributed by atoms with E-state index in [0.29, 0.717) is 16.3 Å². The molecule has 2 aromatic rings. The van der Waals surface area contributed by atoms with Crippen LogP contribution in [0.4, 0.5) is 5.13 Å². The average Bonchev–Trinajstić information content (AvgIpc) is 2.88. The summed E-state index contributed by atoms with van der Waals surface area (Å²) in [6.07, 6.45) is 2.45. The van der Waals surface area contributed by atoms with Crippen LogP contribution in [-0.4, -0.2) is 31.8 Å². The molecule has 0 fully saturated rings. The summed E-state index contributed by atoms with van der Waals surface area (Å²) < 4.78 is 3.54. The number of benzene rings is 1. The van der Waals surface area contributed by atoms with E-state index in [1.807, 2.05) is 6.92 Å². The molecule has 0 spiro atoms. The number of nitrogens with zero attached hydrogens (tertiary/aromatic N) is 3. The third-order valence-corrected chi connectivity index (χ3v) is 2.81. The molecule has 0 aliphatic rings. The first-order chi connectivity index (χ1) is 9.54. The number of hydrogen-bond acceptors (Lipinski definition) is 6. The summed E-state index contributed by atoms with van der Waals surface area (Å²) in [5.74, 6) is -1.39. The van der Waals surface area contributed by atoms with Gasteiger partial charge in [-0.1, -0.05) is 15.7 Å². The maximum Gasteiger partial charge on any atom is 0.328 e. The molecule has 1 aromatic heterocycles. The molecule has 2 rings (SSSR count). The Hall–Kier alpha value is -2.61. The Morgan fingerprint density at radius 3 is 2.80 bits per heavy atom. The third kappa shape index (κ3) is 3.69. The molecule has 0 saturated carbocycles. The van der Waals surface area contributed by atoms with Crippen LogP contribution in [0.1, 0.15) is 21.5 Å². The van der Waals surface area contributed by atoms with E-state index in [1.54, 1.807) is 18.2 Å². The summed E-state index contributed by atoms with van der Waals surface area (Å²) in [6.45, 7) is 1.82. The number of anilines is 1. The first kappa shape index (κ1) is 13.8. The number of nitrogens with one attached hydrogen (secondary N) is 1. The molecule has 0 bridgehead atoms. The molecule has 7 nitrogen and oxygen atoms in total. The molecular weight excluding hydrogens is 280 g/mol. The summed E-state index contributed by atoms with van der Waals surface area (Å²) in [6, 6.07) is 5.07. The van der Waals surface area contributed by atoms with Gasteiger partial charge in [0.05, 0.1) is 0 Å². The minimum absolute atomic E-state index is 0.305. The largest absolute Gasteiger partial charge is 0.478 e. The molecule has 8 heteroatoms. The quantitative estimate of drug-likeness (QED) is 0.828. The van der Waals surface area contributed by atoms with Crippen molar-refractivity contribution in [2.75, 3.05) is 5.32 Å². The van der Waals surface area contributed by atoms with Gasteiger partial charge in [0.25, 0.3) is 5.91 Å². The second-order valence-electron chi connectivity index (χ2n) is 3.93. The number of hydrogen-bond donors (Lipinski definition) is 2. The van der Waals surface area contributed by atoms with Gasteiger partial charge in [0.1, 0.15) is 0 Å². The molecule has 0 aliphatic heterocycles. The SMILES string of the molecule is Cc1cc(/C=C/C(=O)O)cc(C(=O)Nc2nnns2)c1. The summed E-state index contributed by atoms with van der Waals surface area (Å²) in [7, 11) is 0. The van der Waals surface area contributed by atoms with Crippen LogP contribution in [0.15, 0.2) is 24.3 Å². The molecule has 2 N–H and O–H groups in total. The van der Waals surface area contributed by atoms with Gasteiger partial charge in [0.2, 0.25) is 5.13 Å². The zero-order valence-electron chi connectivity index (χ0n) is 10.4. The smallest absolute Gasteiger partial charge is 0.328 e. The number of carbonyl (C=O) groups excluding carboxylic acids is 1. The lowest BCUT2D eigenvalue weighted by molar-refractivity contribution is -0.131. The van der Waals surface area contributed by atoms with Crippen LogP contribution in [-0.2, 0) is 4.79 Å². The Morgan fingerprint density at radius 1 is 1.35 bits per heavy atom. The molecule has 1 aromatic carbocycles. The number of carboxylic acid groups (broad SMARTS) is 1. The lowest BCUT2D eigenvalue weighted by Crippen LogP contribution is -2.12. The van der Waals surface area contributed by atoms with Crippen LogP contribution >= 0.6 is 11.5 Å². The fourth-order valence-electron chi connectivity index (χ4n) is 1.56. The first-order valence-corrected chi connectivity index (χ1v) is 6.31. The average molecular weight is 290 g/mol. The van der Waals surface area contributed by atoms with Crippen molar-refractivity contribution in [2.45, 2.75) is 6.92 Å². The third-order valence-electron chi connectivity index (χ3n) is 2.30. The van der Waals surface area contributed by atoms with E-state index >= 15 is 0 Å². The van der Waals surface area contributed by atoms with E-state index in [-0.39, 0.29) is 5.91 Å². The first-order valence-electron chi connectivity index (χ1n) is 5.53. The van der Waals surface area contributed by atoms with Gasteiger partial charge in [-0.2, -0.15) is 0 Å². The molecule has 0 atom stereocenters. The van der Waals surface area contributed by atoms with Crippen molar-refractivity contribution in [3.05, 3.63) is 41.0 Å². The van der Waals surface area contributed by atoms with Gasteiger partial charge in [-0.25, -0.2) is 4.79 Å². The van der Waals surface area contributed by atoms with E-state index in [2.05, 4.69) is 20.1 Å². The van der Waals surface area contributed by atoms with Crippen molar-refractivity contribution >= 4 is 34.6 Å². The number of carbonyl (C=O) groups is 2. The molecule has 0 aliphatic carbocycles. The predicted molar refractivity (Wildman–Crippen MR) is 73.5 cm³/mol. The van der Waals surface area contributed by atoms with Gasteiger partial charge >= 0.3 is 5.97 Å². The van der Waals surface area contributed by atoms with Gasteiger partial charge in [-0.05, 0) is 41.5 Å². The minimum atomic E-state index is -1.04. The van der Waals surface area contributed by atoms with Crippen molar-refractivity contribution < 1.29 is 14.7 Å². The molecule has 0 radical (unpaired) electrons. The zero-order valence-corrected chi connectivity index (χ0v) is 11.2. The Morgan fingerprint density at radius 2 is 2.15 bits per heavy atom. The topological polar surface area (TPSA) is 105 Å². The van der Waals surface area contributed by atoms with Crippen LogP contribution in [0, 0.1) is 6.92 Å². The molecule has 1 amide bonds. The van der Waals surface area contributed by atoms with E-state index in [1.165, 1.54) is 6.08 Å². The van der Waals surface area contributed by atoms with E-state index < -0.39 is 5.97 Å². The lowest BCUT2D eigenvalue weighted by atomic mass is 10.1. The maximum atomic E-state index is 12.0. The van der Waals surface area contributed by atoms with Gasteiger partial charge in [-0.15, -0.1) is 0 Å². The van der Waals surface area contributed by atoms with E-state index in [0.717, 1.165) is 23.2 Å². The van der Waals surface area contributed by atoms with Crippen LogP contribution in [0.3, 0.4) is 0 Å². The Balaban J connectivity index is 2.23.